The highest BCUT2D eigenvalue weighted by molar-refractivity contribution is 5.99. The largest absolute Gasteiger partial charge is 0.463 e. The number of fused-ring (bicyclic) bond motifs is 1. The fourth-order valence-electron chi connectivity index (χ4n) is 3.76. The van der Waals surface area contributed by atoms with Crippen LogP contribution in [0.4, 0.5) is 13.2 Å². The Morgan fingerprint density at radius 2 is 1.90 bits per heavy atom. The second-order valence-electron chi connectivity index (χ2n) is 7.91. The molecule has 9 heteroatoms. The number of rotatable bonds is 5. The van der Waals surface area contributed by atoms with Crippen molar-refractivity contribution in [1.29, 1.82) is 0 Å². The number of amides is 1. The molecule has 0 N–H and O–H groups in total. The SMILES string of the molecule is CC1(c2ccc(F)cc2)Oc2ccc(-c3nnc(C(F)F)o3)cc2C(=O)N1CC1CC1. The third-order valence-corrected chi connectivity index (χ3v) is 5.67. The summed E-state index contributed by atoms with van der Waals surface area (Å²) >= 11 is 0. The molecule has 3 aromatic rings. The molecule has 2 heterocycles. The lowest BCUT2D eigenvalue weighted by atomic mass is 9.96. The molecule has 1 fully saturated rings. The molecule has 1 atom stereocenters. The molecule has 0 saturated heterocycles. The summed E-state index contributed by atoms with van der Waals surface area (Å²) in [6.07, 6.45) is -0.836. The first-order chi connectivity index (χ1) is 14.8. The van der Waals surface area contributed by atoms with Crippen molar-refractivity contribution in [3.63, 3.8) is 0 Å². The first kappa shape index (κ1) is 19.6. The molecular weight excluding hydrogens is 411 g/mol. The van der Waals surface area contributed by atoms with Crippen molar-refractivity contribution in [2.75, 3.05) is 6.54 Å². The fraction of sp³-hybridized carbons (Fsp3) is 0.318. The van der Waals surface area contributed by atoms with Crippen LogP contribution in [0.1, 0.15) is 48.0 Å². The van der Waals surface area contributed by atoms with Gasteiger partial charge in [-0.3, -0.25) is 9.69 Å². The van der Waals surface area contributed by atoms with Crippen LogP contribution in [0.5, 0.6) is 5.75 Å². The summed E-state index contributed by atoms with van der Waals surface area (Å²) < 4.78 is 50.3. The number of aromatic nitrogens is 2. The molecule has 1 amide bonds. The summed E-state index contributed by atoms with van der Waals surface area (Å²) in [5.74, 6) is -0.824. The molecule has 1 aromatic heterocycles. The first-order valence-electron chi connectivity index (χ1n) is 9.88. The number of ether oxygens (including phenoxy) is 1. The molecule has 1 saturated carbocycles. The van der Waals surface area contributed by atoms with E-state index >= 15 is 0 Å². The predicted octanol–water partition coefficient (Wildman–Crippen LogP) is 4.93. The molecule has 0 spiro atoms. The lowest BCUT2D eigenvalue weighted by molar-refractivity contribution is -0.0702. The van der Waals surface area contributed by atoms with Gasteiger partial charge in [0.15, 0.2) is 0 Å². The molecule has 1 aliphatic heterocycles. The lowest BCUT2D eigenvalue weighted by Crippen LogP contribution is -2.55. The first-order valence-corrected chi connectivity index (χ1v) is 9.88. The smallest absolute Gasteiger partial charge is 0.314 e. The van der Waals surface area contributed by atoms with Crippen LogP contribution in [0.25, 0.3) is 11.5 Å². The highest BCUT2D eigenvalue weighted by Gasteiger charge is 2.46. The number of benzene rings is 2. The van der Waals surface area contributed by atoms with E-state index in [0.717, 1.165) is 12.8 Å². The zero-order valence-corrected chi connectivity index (χ0v) is 16.5. The van der Waals surface area contributed by atoms with Gasteiger partial charge in [-0.15, -0.1) is 10.2 Å². The molecule has 6 nitrogen and oxygen atoms in total. The van der Waals surface area contributed by atoms with Crippen LogP contribution >= 0.6 is 0 Å². The van der Waals surface area contributed by atoms with Crippen LogP contribution in [0, 0.1) is 11.7 Å². The molecule has 2 aromatic carbocycles. The van der Waals surface area contributed by atoms with Gasteiger partial charge in [-0.05, 0) is 56.0 Å². The highest BCUT2D eigenvalue weighted by atomic mass is 19.3. The standard InChI is InChI=1S/C22H18F3N3O3/c1-22(14-5-7-15(23)8-6-14)28(11-12-2-3-12)21(29)16-10-13(4-9-17(16)31-22)19-26-27-20(30-19)18(24)25/h4-10,12,18H,2-3,11H2,1H3. The average Bonchev–Trinajstić information content (AvgIpc) is 3.43. The number of alkyl halides is 2. The Morgan fingerprint density at radius 3 is 2.55 bits per heavy atom. The van der Waals surface area contributed by atoms with Gasteiger partial charge in [0.05, 0.1) is 5.56 Å². The third-order valence-electron chi connectivity index (χ3n) is 5.67. The Bertz CT molecular complexity index is 1140. The fourth-order valence-corrected chi connectivity index (χ4v) is 3.76. The van der Waals surface area contributed by atoms with Crippen molar-refractivity contribution in [3.05, 3.63) is 65.3 Å². The van der Waals surface area contributed by atoms with Crippen molar-refractivity contribution in [3.8, 4) is 17.2 Å². The maximum absolute atomic E-state index is 13.5. The molecule has 160 valence electrons. The summed E-state index contributed by atoms with van der Waals surface area (Å²) in [5, 5.41) is 6.98. The van der Waals surface area contributed by atoms with Crippen molar-refractivity contribution in [2.45, 2.75) is 31.9 Å². The molecule has 2 aliphatic rings. The van der Waals surface area contributed by atoms with Crippen LogP contribution in [0.15, 0.2) is 46.9 Å². The number of hydrogen-bond acceptors (Lipinski definition) is 5. The Kier molecular flexibility index (Phi) is 4.49. The third kappa shape index (κ3) is 3.43. The normalized spacial score (nSPS) is 20.7. The average molecular weight is 429 g/mol. The lowest BCUT2D eigenvalue weighted by Gasteiger charge is -2.45. The summed E-state index contributed by atoms with van der Waals surface area (Å²) in [4.78, 5) is 15.2. The Hall–Kier alpha value is -3.36. The minimum atomic E-state index is -2.88. The minimum Gasteiger partial charge on any atom is -0.463 e. The second kappa shape index (κ2) is 7.11. The Balaban J connectivity index is 1.56. The van der Waals surface area contributed by atoms with E-state index in [0.29, 0.717) is 29.3 Å². The summed E-state index contributed by atoms with van der Waals surface area (Å²) in [6, 6.07) is 10.5. The van der Waals surface area contributed by atoms with Crippen LogP contribution in [0.2, 0.25) is 0 Å². The second-order valence-corrected chi connectivity index (χ2v) is 7.91. The van der Waals surface area contributed by atoms with Crippen molar-refractivity contribution in [2.24, 2.45) is 5.92 Å². The van der Waals surface area contributed by atoms with Crippen LogP contribution in [-0.2, 0) is 5.72 Å². The zero-order valence-electron chi connectivity index (χ0n) is 16.5. The van der Waals surface area contributed by atoms with Crippen molar-refractivity contribution in [1.82, 2.24) is 15.1 Å². The van der Waals surface area contributed by atoms with Crippen LogP contribution in [0.3, 0.4) is 0 Å². The van der Waals surface area contributed by atoms with E-state index in [9.17, 15) is 18.0 Å². The van der Waals surface area contributed by atoms with E-state index in [2.05, 4.69) is 10.2 Å². The predicted molar refractivity (Wildman–Crippen MR) is 103 cm³/mol. The van der Waals surface area contributed by atoms with Crippen LogP contribution < -0.4 is 4.74 Å². The van der Waals surface area contributed by atoms with Gasteiger partial charge in [-0.25, -0.2) is 4.39 Å². The number of nitrogens with zero attached hydrogens (tertiary/aromatic N) is 3. The van der Waals surface area contributed by atoms with E-state index in [1.165, 1.54) is 18.2 Å². The topological polar surface area (TPSA) is 68.5 Å². The highest BCUT2D eigenvalue weighted by Crippen LogP contribution is 2.43. The van der Waals surface area contributed by atoms with E-state index < -0.39 is 18.0 Å². The van der Waals surface area contributed by atoms with Gasteiger partial charge < -0.3 is 9.15 Å². The van der Waals surface area contributed by atoms with E-state index in [4.69, 9.17) is 9.15 Å². The molecule has 1 aliphatic carbocycles. The maximum Gasteiger partial charge on any atom is 0.314 e. The van der Waals surface area contributed by atoms with E-state index in [1.807, 2.05) is 0 Å². The summed E-state index contributed by atoms with van der Waals surface area (Å²) in [5.41, 5.74) is 0.146. The minimum absolute atomic E-state index is 0.105. The number of carbonyl (C=O) groups is 1. The van der Waals surface area contributed by atoms with E-state index in [-0.39, 0.29) is 23.2 Å². The maximum atomic E-state index is 13.5. The van der Waals surface area contributed by atoms with Gasteiger partial charge in [0.25, 0.3) is 11.8 Å². The Morgan fingerprint density at radius 1 is 1.16 bits per heavy atom. The molecular formula is C22H18F3N3O3. The van der Waals surface area contributed by atoms with Crippen LogP contribution in [-0.4, -0.2) is 27.5 Å². The van der Waals surface area contributed by atoms with Gasteiger partial charge in [-0.1, -0.05) is 12.1 Å². The number of halogens is 3. The number of carbonyl (C=O) groups excluding carboxylic acids is 1. The summed E-state index contributed by atoms with van der Waals surface area (Å²) in [6.45, 7) is 2.27. The van der Waals surface area contributed by atoms with E-state index in [1.54, 1.807) is 36.1 Å². The van der Waals surface area contributed by atoms with Gasteiger partial charge in [0.2, 0.25) is 11.6 Å². The van der Waals surface area contributed by atoms with Gasteiger partial charge in [0.1, 0.15) is 11.6 Å². The van der Waals surface area contributed by atoms with Gasteiger partial charge >= 0.3 is 6.43 Å². The Labute approximate surface area is 175 Å². The van der Waals surface area contributed by atoms with Gasteiger partial charge in [-0.2, -0.15) is 8.78 Å². The van der Waals surface area contributed by atoms with Crippen molar-refractivity contribution < 1.29 is 27.1 Å². The summed E-state index contributed by atoms with van der Waals surface area (Å²) in [7, 11) is 0. The number of hydrogen-bond donors (Lipinski definition) is 0. The molecule has 31 heavy (non-hydrogen) atoms. The van der Waals surface area contributed by atoms with Crippen molar-refractivity contribution >= 4 is 5.91 Å². The molecule has 0 bridgehead atoms. The quantitative estimate of drug-likeness (QED) is 0.575. The zero-order chi connectivity index (χ0) is 21.8. The van der Waals surface area contributed by atoms with Gasteiger partial charge in [0, 0.05) is 17.7 Å². The monoisotopic (exact) mass is 429 g/mol. The molecule has 5 rings (SSSR count). The molecule has 0 radical (unpaired) electrons. The molecule has 1 unspecified atom stereocenters.